The second-order valence-corrected chi connectivity index (χ2v) is 3.37. The Kier molecular flexibility index (Phi) is 7.65. The Morgan fingerprint density at radius 3 is 2.50 bits per heavy atom. The van der Waals surface area contributed by atoms with Crippen LogP contribution in [0.1, 0.15) is 6.92 Å². The predicted molar refractivity (Wildman–Crippen MR) is 52.2 cm³/mol. The molecule has 0 saturated heterocycles. The summed E-state index contributed by atoms with van der Waals surface area (Å²) in [6.45, 7) is 1.74. The lowest BCUT2D eigenvalue weighted by atomic mass is 10.3. The first kappa shape index (κ1) is 15.6. The highest BCUT2D eigenvalue weighted by Gasteiger charge is 2.37. The maximum absolute atomic E-state index is 12.0. The van der Waals surface area contributed by atoms with Crippen LogP contribution in [0.4, 0.5) is 13.2 Å². The lowest BCUT2D eigenvalue weighted by Crippen LogP contribution is -2.36. The fraction of sp³-hybridized carbons (Fsp3) is 1.00. The van der Waals surface area contributed by atoms with Gasteiger partial charge >= 0.3 is 6.18 Å². The average Bonchev–Trinajstić information content (AvgIpc) is 2.19. The van der Waals surface area contributed by atoms with Gasteiger partial charge in [-0.3, -0.25) is 0 Å². The molecule has 7 heteroatoms. The van der Waals surface area contributed by atoms with Gasteiger partial charge in [0.15, 0.2) is 6.10 Å². The van der Waals surface area contributed by atoms with Crippen molar-refractivity contribution >= 4 is 0 Å². The summed E-state index contributed by atoms with van der Waals surface area (Å²) in [5.41, 5.74) is 0. The molecule has 0 saturated carbocycles. The van der Waals surface area contributed by atoms with E-state index in [4.69, 9.17) is 4.74 Å². The molecule has 2 atom stereocenters. The third kappa shape index (κ3) is 7.86. The van der Waals surface area contributed by atoms with Crippen LogP contribution in [0.3, 0.4) is 0 Å². The molecular weight excluding hydrogens is 227 g/mol. The van der Waals surface area contributed by atoms with Crippen LogP contribution in [0.15, 0.2) is 0 Å². The zero-order valence-corrected chi connectivity index (χ0v) is 9.38. The van der Waals surface area contributed by atoms with Gasteiger partial charge in [-0.05, 0) is 6.92 Å². The molecule has 0 aliphatic heterocycles. The van der Waals surface area contributed by atoms with Gasteiger partial charge in [0.25, 0.3) is 0 Å². The van der Waals surface area contributed by atoms with E-state index in [2.05, 4.69) is 10.1 Å². The number of halogens is 3. The molecule has 0 aromatic heterocycles. The standard InChI is InChI=1S/C9H18F3NO3/c1-7(9(10,11)12)16-6-8(14)5-13-3-4-15-2/h7-8,13-14H,3-6H2,1-2H3. The summed E-state index contributed by atoms with van der Waals surface area (Å²) >= 11 is 0. The van der Waals surface area contributed by atoms with Crippen molar-refractivity contribution in [2.45, 2.75) is 25.3 Å². The lowest BCUT2D eigenvalue weighted by molar-refractivity contribution is -0.219. The van der Waals surface area contributed by atoms with Crippen LogP contribution < -0.4 is 5.32 Å². The number of hydrogen-bond donors (Lipinski definition) is 2. The lowest BCUT2D eigenvalue weighted by Gasteiger charge is -2.18. The molecule has 0 aliphatic carbocycles. The summed E-state index contributed by atoms with van der Waals surface area (Å²) in [7, 11) is 1.53. The molecular formula is C9H18F3NO3. The highest BCUT2D eigenvalue weighted by molar-refractivity contribution is 4.64. The zero-order valence-electron chi connectivity index (χ0n) is 9.38. The molecule has 4 nitrogen and oxygen atoms in total. The minimum Gasteiger partial charge on any atom is -0.389 e. The van der Waals surface area contributed by atoms with E-state index in [1.54, 1.807) is 0 Å². The Balaban J connectivity index is 3.53. The molecule has 0 aromatic rings. The fourth-order valence-electron chi connectivity index (χ4n) is 0.852. The largest absolute Gasteiger partial charge is 0.414 e. The normalized spacial score (nSPS) is 16.1. The van der Waals surface area contributed by atoms with Gasteiger partial charge in [-0.15, -0.1) is 0 Å². The van der Waals surface area contributed by atoms with Crippen molar-refractivity contribution in [1.82, 2.24) is 5.32 Å². The Morgan fingerprint density at radius 2 is 2.00 bits per heavy atom. The Labute approximate surface area is 92.7 Å². The summed E-state index contributed by atoms with van der Waals surface area (Å²) in [5, 5.41) is 12.1. The SMILES string of the molecule is COCCNCC(O)COC(C)C(F)(F)F. The van der Waals surface area contributed by atoms with Crippen molar-refractivity contribution in [3.05, 3.63) is 0 Å². The number of methoxy groups -OCH3 is 1. The molecule has 0 amide bonds. The number of aliphatic hydroxyl groups is 1. The van der Waals surface area contributed by atoms with E-state index in [-0.39, 0.29) is 13.2 Å². The van der Waals surface area contributed by atoms with Gasteiger partial charge in [-0.25, -0.2) is 0 Å². The molecule has 0 aromatic carbocycles. The van der Waals surface area contributed by atoms with Crippen LogP contribution in [0, 0.1) is 0 Å². The molecule has 0 spiro atoms. The minimum absolute atomic E-state index is 0.175. The van der Waals surface area contributed by atoms with Gasteiger partial charge in [0.2, 0.25) is 0 Å². The summed E-state index contributed by atoms with van der Waals surface area (Å²) < 4.78 is 45.3. The molecule has 0 aliphatic rings. The van der Waals surface area contributed by atoms with Gasteiger partial charge in [0.05, 0.1) is 19.3 Å². The van der Waals surface area contributed by atoms with E-state index in [1.165, 1.54) is 7.11 Å². The number of hydrogen-bond acceptors (Lipinski definition) is 4. The van der Waals surface area contributed by atoms with E-state index in [0.717, 1.165) is 6.92 Å². The molecule has 0 radical (unpaired) electrons. The van der Waals surface area contributed by atoms with Gasteiger partial charge in [-0.1, -0.05) is 0 Å². The summed E-state index contributed by atoms with van der Waals surface area (Å²) in [5.74, 6) is 0. The van der Waals surface area contributed by atoms with Crippen LogP contribution in [0.2, 0.25) is 0 Å². The number of aliphatic hydroxyl groups excluding tert-OH is 1. The first-order valence-corrected chi connectivity index (χ1v) is 4.94. The number of nitrogens with one attached hydrogen (secondary N) is 1. The van der Waals surface area contributed by atoms with E-state index in [9.17, 15) is 18.3 Å². The highest BCUT2D eigenvalue weighted by atomic mass is 19.4. The molecule has 0 rings (SSSR count). The second-order valence-electron chi connectivity index (χ2n) is 3.37. The summed E-state index contributed by atoms with van der Waals surface area (Å²) in [6.07, 6.45) is -7.20. The van der Waals surface area contributed by atoms with Crippen molar-refractivity contribution in [3.63, 3.8) is 0 Å². The van der Waals surface area contributed by atoms with E-state index in [0.29, 0.717) is 13.2 Å². The minimum atomic E-state index is -4.39. The molecule has 2 N–H and O–H groups in total. The first-order chi connectivity index (χ1) is 7.38. The quantitative estimate of drug-likeness (QED) is 0.613. The van der Waals surface area contributed by atoms with E-state index in [1.807, 2.05) is 0 Å². The zero-order chi connectivity index (χ0) is 12.6. The molecule has 0 fully saturated rings. The molecule has 98 valence electrons. The van der Waals surface area contributed by atoms with Crippen LogP contribution in [0.5, 0.6) is 0 Å². The first-order valence-electron chi connectivity index (χ1n) is 4.94. The second kappa shape index (κ2) is 7.83. The molecule has 16 heavy (non-hydrogen) atoms. The smallest absolute Gasteiger partial charge is 0.389 e. The Morgan fingerprint density at radius 1 is 1.38 bits per heavy atom. The van der Waals surface area contributed by atoms with Crippen molar-refractivity contribution in [3.8, 4) is 0 Å². The molecule has 0 bridgehead atoms. The van der Waals surface area contributed by atoms with Crippen LogP contribution in [0.25, 0.3) is 0 Å². The number of rotatable bonds is 8. The van der Waals surface area contributed by atoms with Crippen LogP contribution >= 0.6 is 0 Å². The third-order valence-electron chi connectivity index (χ3n) is 1.86. The van der Waals surface area contributed by atoms with E-state index >= 15 is 0 Å². The van der Waals surface area contributed by atoms with Gasteiger partial charge in [-0.2, -0.15) is 13.2 Å². The predicted octanol–water partition coefficient (Wildman–Crippen LogP) is 0.551. The maximum Gasteiger partial charge on any atom is 0.414 e. The summed E-state index contributed by atoms with van der Waals surface area (Å²) in [4.78, 5) is 0. The van der Waals surface area contributed by atoms with Crippen molar-refractivity contribution in [2.75, 3.05) is 33.4 Å². The Hall–Kier alpha value is -0.370. The summed E-state index contributed by atoms with van der Waals surface area (Å²) in [6, 6.07) is 0. The van der Waals surface area contributed by atoms with Gasteiger partial charge in [0.1, 0.15) is 0 Å². The number of alkyl halides is 3. The average molecular weight is 245 g/mol. The van der Waals surface area contributed by atoms with Crippen molar-refractivity contribution in [2.24, 2.45) is 0 Å². The van der Waals surface area contributed by atoms with Gasteiger partial charge < -0.3 is 19.9 Å². The van der Waals surface area contributed by atoms with Crippen molar-refractivity contribution < 1.29 is 27.8 Å². The highest BCUT2D eigenvalue weighted by Crippen LogP contribution is 2.22. The topological polar surface area (TPSA) is 50.7 Å². The fourth-order valence-corrected chi connectivity index (χ4v) is 0.852. The Bertz CT molecular complexity index is 178. The third-order valence-corrected chi connectivity index (χ3v) is 1.86. The monoisotopic (exact) mass is 245 g/mol. The van der Waals surface area contributed by atoms with Gasteiger partial charge in [0, 0.05) is 20.2 Å². The van der Waals surface area contributed by atoms with Crippen LogP contribution in [-0.2, 0) is 9.47 Å². The van der Waals surface area contributed by atoms with Crippen LogP contribution in [-0.4, -0.2) is 56.9 Å². The van der Waals surface area contributed by atoms with Crippen molar-refractivity contribution in [1.29, 1.82) is 0 Å². The maximum atomic E-state index is 12.0. The van der Waals surface area contributed by atoms with E-state index < -0.39 is 18.4 Å². The number of ether oxygens (including phenoxy) is 2. The molecule has 0 heterocycles. The molecule has 2 unspecified atom stereocenters.